The highest BCUT2D eigenvalue weighted by Gasteiger charge is 2.21. The van der Waals surface area contributed by atoms with Gasteiger partial charge in [-0.05, 0) is 42.7 Å². The zero-order valence-electron chi connectivity index (χ0n) is 11.4. The van der Waals surface area contributed by atoms with E-state index in [0.29, 0.717) is 17.2 Å². The second-order valence-electron chi connectivity index (χ2n) is 5.56. The van der Waals surface area contributed by atoms with E-state index in [1.165, 1.54) is 18.4 Å². The van der Waals surface area contributed by atoms with Crippen molar-refractivity contribution >= 4 is 11.6 Å². The molecular weight excluding hydrogens is 244 g/mol. The Balaban J connectivity index is 1.88. The average Bonchev–Trinajstić information content (AvgIpc) is 2.38. The second-order valence-corrected chi connectivity index (χ2v) is 6.12. The number of hydrogen-bond donors (Lipinski definition) is 0. The van der Waals surface area contributed by atoms with Gasteiger partial charge in [0.1, 0.15) is 5.75 Å². The van der Waals surface area contributed by atoms with E-state index >= 15 is 0 Å². The summed E-state index contributed by atoms with van der Waals surface area (Å²) in [5.74, 6) is 2.32. The predicted molar refractivity (Wildman–Crippen MR) is 77.6 cm³/mol. The molecule has 0 saturated heterocycles. The highest BCUT2D eigenvalue weighted by atomic mass is 35.5. The normalized spacial score (nSPS) is 20.3. The van der Waals surface area contributed by atoms with E-state index in [0.717, 1.165) is 25.2 Å². The Hall–Kier alpha value is -0.690. The second kappa shape index (κ2) is 6.47. The smallest absolute Gasteiger partial charge is 0.122 e. The monoisotopic (exact) mass is 266 g/mol. The lowest BCUT2D eigenvalue weighted by atomic mass is 9.88. The van der Waals surface area contributed by atoms with Gasteiger partial charge in [0, 0.05) is 5.38 Å². The van der Waals surface area contributed by atoms with Gasteiger partial charge in [0.2, 0.25) is 0 Å². The summed E-state index contributed by atoms with van der Waals surface area (Å²) < 4.78 is 5.69. The Morgan fingerprint density at radius 3 is 2.89 bits per heavy atom. The summed E-state index contributed by atoms with van der Waals surface area (Å²) in [6, 6.07) is 8.45. The van der Waals surface area contributed by atoms with Crippen LogP contribution in [0.2, 0.25) is 0 Å². The van der Waals surface area contributed by atoms with Gasteiger partial charge in [-0.2, -0.15) is 0 Å². The molecular formula is C16H23ClO. The molecule has 0 N–H and O–H groups in total. The van der Waals surface area contributed by atoms with Crippen LogP contribution >= 0.6 is 11.6 Å². The van der Waals surface area contributed by atoms with Crippen LogP contribution in [-0.2, 0) is 0 Å². The lowest BCUT2D eigenvalue weighted by molar-refractivity contribution is 0.261. The van der Waals surface area contributed by atoms with Crippen LogP contribution < -0.4 is 4.74 Å². The summed E-state index contributed by atoms with van der Waals surface area (Å²) in [6.45, 7) is 5.25. The summed E-state index contributed by atoms with van der Waals surface area (Å²) in [5.41, 5.74) is 1.39. The van der Waals surface area contributed by atoms with E-state index in [9.17, 15) is 0 Å². The maximum absolute atomic E-state index is 6.31. The van der Waals surface area contributed by atoms with Crippen molar-refractivity contribution in [2.75, 3.05) is 6.61 Å². The molecule has 2 unspecified atom stereocenters. The number of rotatable bonds is 5. The van der Waals surface area contributed by atoms with Crippen LogP contribution in [0, 0.1) is 5.92 Å². The molecule has 0 radical (unpaired) electrons. The molecule has 1 aliphatic heterocycles. The van der Waals surface area contributed by atoms with E-state index < -0.39 is 0 Å². The molecule has 0 spiro atoms. The molecule has 1 heterocycles. The van der Waals surface area contributed by atoms with Gasteiger partial charge in [0.25, 0.3) is 0 Å². The first kappa shape index (κ1) is 13.7. The van der Waals surface area contributed by atoms with Crippen LogP contribution in [0.15, 0.2) is 24.3 Å². The van der Waals surface area contributed by atoms with Crippen LogP contribution in [0.5, 0.6) is 5.75 Å². The molecule has 1 aliphatic rings. The maximum atomic E-state index is 6.31. The van der Waals surface area contributed by atoms with Crippen molar-refractivity contribution < 1.29 is 4.74 Å². The Morgan fingerprint density at radius 2 is 2.11 bits per heavy atom. The first-order valence-electron chi connectivity index (χ1n) is 7.04. The average molecular weight is 267 g/mol. The number of ether oxygens (including phenoxy) is 1. The van der Waals surface area contributed by atoms with Crippen LogP contribution in [0.25, 0.3) is 0 Å². The topological polar surface area (TPSA) is 9.23 Å². The Kier molecular flexibility index (Phi) is 4.94. The van der Waals surface area contributed by atoms with Gasteiger partial charge in [0.15, 0.2) is 0 Å². The van der Waals surface area contributed by atoms with Crippen LogP contribution in [0.4, 0.5) is 0 Å². The minimum absolute atomic E-state index is 0.320. The van der Waals surface area contributed by atoms with E-state index in [4.69, 9.17) is 16.3 Å². The van der Waals surface area contributed by atoms with Gasteiger partial charge in [-0.15, -0.1) is 11.6 Å². The molecule has 0 amide bonds. The third kappa shape index (κ3) is 3.41. The molecule has 0 aliphatic carbocycles. The number of para-hydroxylation sites is 1. The molecule has 2 rings (SSSR count). The van der Waals surface area contributed by atoms with Crippen molar-refractivity contribution in [3.63, 3.8) is 0 Å². The first-order valence-corrected chi connectivity index (χ1v) is 7.48. The molecule has 1 nitrogen and oxygen atoms in total. The zero-order chi connectivity index (χ0) is 13.0. The van der Waals surface area contributed by atoms with Crippen LogP contribution in [-0.4, -0.2) is 12.0 Å². The van der Waals surface area contributed by atoms with Gasteiger partial charge < -0.3 is 4.74 Å². The molecule has 0 saturated carbocycles. The van der Waals surface area contributed by atoms with Crippen LogP contribution in [0.3, 0.4) is 0 Å². The number of hydrogen-bond acceptors (Lipinski definition) is 1. The van der Waals surface area contributed by atoms with Crippen molar-refractivity contribution in [2.45, 2.75) is 50.8 Å². The summed E-state index contributed by atoms with van der Waals surface area (Å²) in [4.78, 5) is 0. The Labute approximate surface area is 115 Å². The summed E-state index contributed by atoms with van der Waals surface area (Å²) >= 11 is 6.31. The van der Waals surface area contributed by atoms with Gasteiger partial charge in [-0.3, -0.25) is 0 Å². The van der Waals surface area contributed by atoms with Gasteiger partial charge in [-0.25, -0.2) is 0 Å². The van der Waals surface area contributed by atoms with Crippen molar-refractivity contribution in [2.24, 2.45) is 5.92 Å². The van der Waals surface area contributed by atoms with Crippen molar-refractivity contribution in [1.29, 1.82) is 0 Å². The number of halogens is 1. The van der Waals surface area contributed by atoms with Gasteiger partial charge in [0.05, 0.1) is 6.61 Å². The fourth-order valence-electron chi connectivity index (χ4n) is 2.61. The lowest BCUT2D eigenvalue weighted by Gasteiger charge is -2.26. The number of alkyl halides is 1. The standard InChI is InChI=1S/C16H23ClO/c1-12(2)15(17)8-5-6-13-10-11-18-16-9-4-3-7-14(13)16/h3-4,7,9,12-13,15H,5-6,8,10-11H2,1-2H3. The SMILES string of the molecule is CC(C)C(Cl)CCCC1CCOc2ccccc21. The third-order valence-electron chi connectivity index (χ3n) is 3.84. The van der Waals surface area contributed by atoms with Gasteiger partial charge >= 0.3 is 0 Å². The maximum Gasteiger partial charge on any atom is 0.122 e. The first-order chi connectivity index (χ1) is 8.68. The van der Waals surface area contributed by atoms with Crippen molar-refractivity contribution in [1.82, 2.24) is 0 Å². The fourth-order valence-corrected chi connectivity index (χ4v) is 2.76. The Morgan fingerprint density at radius 1 is 1.33 bits per heavy atom. The summed E-state index contributed by atoms with van der Waals surface area (Å²) in [7, 11) is 0. The van der Waals surface area contributed by atoms with E-state index in [2.05, 4.69) is 38.1 Å². The minimum Gasteiger partial charge on any atom is -0.493 e. The highest BCUT2D eigenvalue weighted by molar-refractivity contribution is 6.20. The fraction of sp³-hybridized carbons (Fsp3) is 0.625. The minimum atomic E-state index is 0.320. The molecule has 1 aromatic carbocycles. The molecule has 0 fully saturated rings. The van der Waals surface area contributed by atoms with Gasteiger partial charge in [-0.1, -0.05) is 38.5 Å². The molecule has 2 heteroatoms. The lowest BCUT2D eigenvalue weighted by Crippen LogP contribution is -2.15. The van der Waals surface area contributed by atoms with E-state index in [1.807, 2.05) is 0 Å². The summed E-state index contributed by atoms with van der Waals surface area (Å²) in [5, 5.41) is 0.320. The third-order valence-corrected chi connectivity index (χ3v) is 4.56. The number of fused-ring (bicyclic) bond motifs is 1. The van der Waals surface area contributed by atoms with E-state index in [-0.39, 0.29) is 0 Å². The quantitative estimate of drug-likeness (QED) is 0.683. The molecule has 100 valence electrons. The predicted octanol–water partition coefficient (Wildman–Crippen LogP) is 4.99. The largest absolute Gasteiger partial charge is 0.493 e. The number of benzene rings is 1. The van der Waals surface area contributed by atoms with Crippen molar-refractivity contribution in [3.05, 3.63) is 29.8 Å². The molecule has 2 atom stereocenters. The highest BCUT2D eigenvalue weighted by Crippen LogP contribution is 2.36. The van der Waals surface area contributed by atoms with E-state index in [1.54, 1.807) is 0 Å². The molecule has 0 aromatic heterocycles. The molecule has 18 heavy (non-hydrogen) atoms. The van der Waals surface area contributed by atoms with Crippen molar-refractivity contribution in [3.8, 4) is 5.75 Å². The summed E-state index contributed by atoms with van der Waals surface area (Å²) in [6.07, 6.45) is 4.71. The molecule has 0 bridgehead atoms. The van der Waals surface area contributed by atoms with Crippen LogP contribution in [0.1, 0.15) is 51.0 Å². The molecule has 1 aromatic rings. The Bertz CT molecular complexity index is 375. The zero-order valence-corrected chi connectivity index (χ0v) is 12.1.